The number of carbonyl (C=O) groups is 1. The maximum atomic E-state index is 13.4. The number of unbranched alkanes of at least 4 members (excludes halogenated alkanes) is 1. The zero-order chi connectivity index (χ0) is 22.4. The van der Waals surface area contributed by atoms with E-state index in [0.29, 0.717) is 23.4 Å². The van der Waals surface area contributed by atoms with Gasteiger partial charge in [-0.2, -0.15) is 0 Å². The molecule has 0 radical (unpaired) electrons. The summed E-state index contributed by atoms with van der Waals surface area (Å²) in [7, 11) is 1.59. The number of hydrogen-bond acceptors (Lipinski definition) is 4. The molecule has 2 aromatic heterocycles. The second-order valence-corrected chi connectivity index (χ2v) is 7.69. The minimum atomic E-state index is -0.241. The highest BCUT2D eigenvalue weighted by Gasteiger charge is 2.16. The van der Waals surface area contributed by atoms with E-state index in [9.17, 15) is 9.59 Å². The molecule has 0 fully saturated rings. The fourth-order valence-electron chi connectivity index (χ4n) is 3.43. The van der Waals surface area contributed by atoms with E-state index >= 15 is 0 Å². The van der Waals surface area contributed by atoms with Crippen molar-refractivity contribution in [3.8, 4) is 17.0 Å². The van der Waals surface area contributed by atoms with E-state index in [-0.39, 0.29) is 30.7 Å². The normalized spacial score (nSPS) is 11.5. The van der Waals surface area contributed by atoms with Crippen molar-refractivity contribution in [2.75, 3.05) is 13.7 Å². The van der Waals surface area contributed by atoms with Gasteiger partial charge >= 0.3 is 0 Å². The highest BCUT2D eigenvalue weighted by atomic mass is 16.5. The van der Waals surface area contributed by atoms with Crippen molar-refractivity contribution < 1.29 is 14.6 Å². The van der Waals surface area contributed by atoms with Gasteiger partial charge in [0.25, 0.3) is 5.56 Å². The van der Waals surface area contributed by atoms with Crippen molar-refractivity contribution in [1.29, 1.82) is 0 Å². The largest absolute Gasteiger partial charge is 0.497 e. The van der Waals surface area contributed by atoms with E-state index in [1.807, 2.05) is 68.7 Å². The molecule has 7 heteroatoms. The Labute approximate surface area is 181 Å². The van der Waals surface area contributed by atoms with Crippen LogP contribution in [0.3, 0.4) is 0 Å². The molecular formula is C24H29N3O4. The van der Waals surface area contributed by atoms with Crippen molar-refractivity contribution in [3.63, 3.8) is 0 Å². The number of hydrogen-bond donors (Lipinski definition) is 2. The number of amides is 1. The first-order valence-electron chi connectivity index (χ1n) is 10.4. The molecular weight excluding hydrogens is 394 g/mol. The predicted molar refractivity (Wildman–Crippen MR) is 122 cm³/mol. The second kappa shape index (κ2) is 10.1. The van der Waals surface area contributed by atoms with Crippen LogP contribution < -0.4 is 15.6 Å². The topological polar surface area (TPSA) is 85.0 Å². The van der Waals surface area contributed by atoms with Crippen LogP contribution in [0.5, 0.6) is 5.75 Å². The Morgan fingerprint density at radius 3 is 2.77 bits per heavy atom. The highest BCUT2D eigenvalue weighted by molar-refractivity contribution is 5.77. The van der Waals surface area contributed by atoms with Crippen LogP contribution in [0.15, 0.2) is 53.6 Å². The summed E-state index contributed by atoms with van der Waals surface area (Å²) in [5, 5.41) is 11.8. The summed E-state index contributed by atoms with van der Waals surface area (Å²) in [4.78, 5) is 25.9. The van der Waals surface area contributed by atoms with Crippen LogP contribution in [-0.4, -0.2) is 39.7 Å². The van der Waals surface area contributed by atoms with Crippen LogP contribution in [0.1, 0.15) is 32.3 Å². The van der Waals surface area contributed by atoms with Gasteiger partial charge in [0.2, 0.25) is 5.91 Å². The molecule has 0 saturated heterocycles. The fourth-order valence-corrected chi connectivity index (χ4v) is 3.43. The van der Waals surface area contributed by atoms with Gasteiger partial charge in [-0.3, -0.25) is 14.2 Å². The van der Waals surface area contributed by atoms with Crippen LogP contribution in [0, 0.1) is 0 Å². The number of nitrogens with zero attached hydrogens (tertiary/aromatic N) is 2. The van der Waals surface area contributed by atoms with E-state index < -0.39 is 0 Å². The molecule has 164 valence electrons. The van der Waals surface area contributed by atoms with Gasteiger partial charge in [0, 0.05) is 30.6 Å². The van der Waals surface area contributed by atoms with Gasteiger partial charge in [-0.25, -0.2) is 0 Å². The van der Waals surface area contributed by atoms with Gasteiger partial charge in [-0.15, -0.1) is 0 Å². The number of rotatable bonds is 9. The summed E-state index contributed by atoms with van der Waals surface area (Å²) in [6.45, 7) is 3.84. The number of nitrogens with one attached hydrogen (secondary N) is 1. The van der Waals surface area contributed by atoms with E-state index in [4.69, 9.17) is 9.84 Å². The molecule has 0 spiro atoms. The molecule has 0 unspecified atom stereocenters. The zero-order valence-corrected chi connectivity index (χ0v) is 18.2. The predicted octanol–water partition coefficient (Wildman–Crippen LogP) is 3.09. The summed E-state index contributed by atoms with van der Waals surface area (Å²) in [5.74, 6) is 0.449. The van der Waals surface area contributed by atoms with Gasteiger partial charge in [0.1, 0.15) is 17.8 Å². The van der Waals surface area contributed by atoms with Crippen molar-refractivity contribution in [2.45, 2.75) is 39.3 Å². The zero-order valence-electron chi connectivity index (χ0n) is 18.2. The monoisotopic (exact) mass is 423 g/mol. The van der Waals surface area contributed by atoms with Gasteiger partial charge in [0.05, 0.1) is 12.8 Å². The number of methoxy groups -OCH3 is 1. The number of aliphatic hydroxyl groups is 1. The van der Waals surface area contributed by atoms with Crippen LogP contribution in [0.25, 0.3) is 22.9 Å². The minimum Gasteiger partial charge on any atom is -0.497 e. The van der Waals surface area contributed by atoms with Crippen molar-refractivity contribution >= 4 is 17.5 Å². The smallest absolute Gasteiger partial charge is 0.275 e. The van der Waals surface area contributed by atoms with Crippen LogP contribution in [0.4, 0.5) is 0 Å². The molecule has 0 aliphatic rings. The third-order valence-electron chi connectivity index (χ3n) is 4.84. The molecule has 31 heavy (non-hydrogen) atoms. The maximum absolute atomic E-state index is 13.4. The summed E-state index contributed by atoms with van der Waals surface area (Å²) in [6.07, 6.45) is 9.11. The number of aliphatic hydroxyl groups excluding tert-OH is 1. The number of ether oxygens (including phenoxy) is 1. The van der Waals surface area contributed by atoms with Crippen LogP contribution >= 0.6 is 0 Å². The molecule has 0 aliphatic carbocycles. The molecule has 1 aromatic carbocycles. The van der Waals surface area contributed by atoms with Crippen molar-refractivity contribution in [2.24, 2.45) is 0 Å². The van der Waals surface area contributed by atoms with E-state index in [1.165, 1.54) is 4.57 Å². The van der Waals surface area contributed by atoms with Crippen LogP contribution in [0.2, 0.25) is 0 Å². The molecule has 0 bridgehead atoms. The standard InChI is InChI=1S/C24H29N3O4/c1-17(2)25-23(29)16-27-22(19-9-7-10-20(13-19)31-3)15-26-14-18(8-5-4-6-11-28)12-21(26)24(27)30/h5,7-10,12-15,17,28H,4,6,11,16H2,1-3H3,(H,25,29)/b8-5-. The number of aromatic nitrogens is 2. The number of fused-ring (bicyclic) bond motifs is 1. The summed E-state index contributed by atoms with van der Waals surface area (Å²) >= 11 is 0. The molecule has 3 rings (SSSR count). The van der Waals surface area contributed by atoms with E-state index in [0.717, 1.165) is 17.5 Å². The first-order chi connectivity index (χ1) is 14.9. The molecule has 3 aromatic rings. The SMILES string of the molecule is COc1cccc(-c2cn3cc(/C=C\CCCO)cc3c(=O)n2CC(=O)NC(C)C)c1. The lowest BCUT2D eigenvalue weighted by Gasteiger charge is -2.16. The Morgan fingerprint density at radius 2 is 2.06 bits per heavy atom. The van der Waals surface area contributed by atoms with Gasteiger partial charge in [0.15, 0.2) is 0 Å². The van der Waals surface area contributed by atoms with Crippen molar-refractivity contribution in [1.82, 2.24) is 14.3 Å². The minimum absolute atomic E-state index is 0.0174. The summed E-state index contributed by atoms with van der Waals surface area (Å²) < 4.78 is 8.63. The molecule has 0 aliphatic heterocycles. The number of carbonyl (C=O) groups excluding carboxylic acids is 1. The lowest BCUT2D eigenvalue weighted by molar-refractivity contribution is -0.122. The molecule has 2 heterocycles. The van der Waals surface area contributed by atoms with Crippen LogP contribution in [-0.2, 0) is 11.3 Å². The highest BCUT2D eigenvalue weighted by Crippen LogP contribution is 2.24. The first kappa shape index (κ1) is 22.4. The number of allylic oxidation sites excluding steroid dienone is 1. The quantitative estimate of drug-likeness (QED) is 0.518. The lowest BCUT2D eigenvalue weighted by Crippen LogP contribution is -2.36. The Balaban J connectivity index is 2.11. The maximum Gasteiger partial charge on any atom is 0.275 e. The summed E-state index contributed by atoms with van der Waals surface area (Å²) in [6, 6.07) is 9.21. The van der Waals surface area contributed by atoms with Gasteiger partial charge < -0.3 is 19.6 Å². The van der Waals surface area contributed by atoms with Gasteiger partial charge in [-0.05, 0) is 50.5 Å². The Hall–Kier alpha value is -3.32. The van der Waals surface area contributed by atoms with E-state index in [2.05, 4.69) is 5.32 Å². The Morgan fingerprint density at radius 1 is 1.26 bits per heavy atom. The lowest BCUT2D eigenvalue weighted by atomic mass is 10.1. The van der Waals surface area contributed by atoms with Gasteiger partial charge in [-0.1, -0.05) is 24.3 Å². The van der Waals surface area contributed by atoms with Crippen molar-refractivity contribution in [3.05, 3.63) is 64.7 Å². The average molecular weight is 424 g/mol. The average Bonchev–Trinajstić information content (AvgIpc) is 3.16. The molecule has 0 saturated carbocycles. The first-order valence-corrected chi connectivity index (χ1v) is 10.4. The number of benzene rings is 1. The molecule has 1 amide bonds. The third-order valence-corrected chi connectivity index (χ3v) is 4.84. The molecule has 0 atom stereocenters. The molecule has 7 nitrogen and oxygen atoms in total. The van der Waals surface area contributed by atoms with E-state index in [1.54, 1.807) is 11.5 Å². The Kier molecular flexibility index (Phi) is 7.31. The second-order valence-electron chi connectivity index (χ2n) is 7.69. The molecule has 2 N–H and O–H groups in total. The summed E-state index contributed by atoms with van der Waals surface area (Å²) in [5.41, 5.74) is 2.54. The third kappa shape index (κ3) is 5.44. The fraction of sp³-hybridized carbons (Fsp3) is 0.333. The Bertz CT molecular complexity index is 1140.